The predicted octanol–water partition coefficient (Wildman–Crippen LogP) is 3.06. The summed E-state index contributed by atoms with van der Waals surface area (Å²) in [4.78, 5) is -0.000463. The summed E-state index contributed by atoms with van der Waals surface area (Å²) >= 11 is 3.02. The van der Waals surface area contributed by atoms with Crippen LogP contribution in [0.3, 0.4) is 0 Å². The summed E-state index contributed by atoms with van der Waals surface area (Å²) in [6, 6.07) is 3.94. The Labute approximate surface area is 120 Å². The lowest BCUT2D eigenvalue weighted by Crippen LogP contribution is -2.38. The summed E-state index contributed by atoms with van der Waals surface area (Å²) in [5.74, 6) is 0.391. The first-order valence-electron chi connectivity index (χ1n) is 6.45. The fraction of sp³-hybridized carbons (Fsp3) is 0.538. The highest BCUT2D eigenvalue weighted by Gasteiger charge is 2.43. The van der Waals surface area contributed by atoms with Crippen LogP contribution in [0.25, 0.3) is 0 Å². The van der Waals surface area contributed by atoms with Gasteiger partial charge in [0, 0.05) is 6.04 Å². The molecule has 0 heterocycles. The Morgan fingerprint density at radius 1 is 1.21 bits per heavy atom. The van der Waals surface area contributed by atoms with Crippen LogP contribution in [0, 0.1) is 17.7 Å². The van der Waals surface area contributed by atoms with Crippen LogP contribution in [0.15, 0.2) is 27.6 Å². The molecule has 2 aliphatic rings. The Bertz CT molecular complexity index is 585. The molecule has 6 heteroatoms. The monoisotopic (exact) mass is 347 g/mol. The van der Waals surface area contributed by atoms with E-state index in [4.69, 9.17) is 0 Å². The van der Waals surface area contributed by atoms with Gasteiger partial charge >= 0.3 is 0 Å². The van der Waals surface area contributed by atoms with Crippen LogP contribution in [-0.4, -0.2) is 14.5 Å². The van der Waals surface area contributed by atoms with E-state index in [-0.39, 0.29) is 15.4 Å². The molecule has 0 aliphatic heterocycles. The van der Waals surface area contributed by atoms with Gasteiger partial charge in [-0.25, -0.2) is 17.5 Å². The quantitative estimate of drug-likeness (QED) is 0.889. The van der Waals surface area contributed by atoms with Crippen LogP contribution in [0.4, 0.5) is 4.39 Å². The van der Waals surface area contributed by atoms with Gasteiger partial charge in [-0.15, -0.1) is 0 Å². The lowest BCUT2D eigenvalue weighted by molar-refractivity contribution is 0.471. The van der Waals surface area contributed by atoms with Gasteiger partial charge in [-0.05, 0) is 71.6 Å². The van der Waals surface area contributed by atoms with Gasteiger partial charge in [0.05, 0.1) is 9.37 Å². The maximum absolute atomic E-state index is 13.4. The first-order valence-corrected chi connectivity index (χ1v) is 8.72. The topological polar surface area (TPSA) is 46.2 Å². The average Bonchev–Trinajstić information content (AvgIpc) is 3.23. The molecule has 0 radical (unpaired) electrons. The summed E-state index contributed by atoms with van der Waals surface area (Å²) in [6.45, 7) is 0. The second-order valence-corrected chi connectivity index (χ2v) is 7.97. The third kappa shape index (κ3) is 3.01. The Balaban J connectivity index is 1.82. The van der Waals surface area contributed by atoms with Crippen molar-refractivity contribution in [1.82, 2.24) is 4.72 Å². The zero-order valence-electron chi connectivity index (χ0n) is 10.3. The number of sulfonamides is 1. The minimum Gasteiger partial charge on any atom is -0.208 e. The molecule has 19 heavy (non-hydrogen) atoms. The van der Waals surface area contributed by atoms with Gasteiger partial charge in [0.2, 0.25) is 10.0 Å². The van der Waals surface area contributed by atoms with Crippen LogP contribution in [-0.2, 0) is 10.0 Å². The second kappa shape index (κ2) is 4.82. The molecule has 104 valence electrons. The van der Waals surface area contributed by atoms with Crippen molar-refractivity contribution in [3.8, 4) is 0 Å². The molecule has 3 nitrogen and oxygen atoms in total. The van der Waals surface area contributed by atoms with Crippen molar-refractivity contribution in [3.05, 3.63) is 28.5 Å². The minimum atomic E-state index is -3.62. The number of nitrogens with one attached hydrogen (secondary N) is 1. The highest BCUT2D eigenvalue weighted by molar-refractivity contribution is 9.10. The molecule has 3 rings (SSSR count). The van der Waals surface area contributed by atoms with E-state index in [2.05, 4.69) is 20.7 Å². The van der Waals surface area contributed by atoms with E-state index in [1.165, 1.54) is 12.1 Å². The molecule has 0 spiro atoms. The third-order valence-corrected chi connectivity index (χ3v) is 5.85. The molecule has 0 unspecified atom stereocenters. The second-order valence-electron chi connectivity index (χ2n) is 5.40. The molecule has 0 atom stereocenters. The first-order chi connectivity index (χ1) is 8.97. The average molecular weight is 348 g/mol. The normalized spacial score (nSPS) is 19.9. The Morgan fingerprint density at radius 2 is 1.79 bits per heavy atom. The van der Waals surface area contributed by atoms with Crippen molar-refractivity contribution in [2.24, 2.45) is 11.8 Å². The van der Waals surface area contributed by atoms with Gasteiger partial charge in [0.15, 0.2) is 0 Å². The molecule has 0 bridgehead atoms. The van der Waals surface area contributed by atoms with Crippen LogP contribution in [0.1, 0.15) is 25.7 Å². The van der Waals surface area contributed by atoms with Crippen molar-refractivity contribution >= 4 is 26.0 Å². The highest BCUT2D eigenvalue weighted by Crippen LogP contribution is 2.45. The van der Waals surface area contributed by atoms with Crippen molar-refractivity contribution in [2.45, 2.75) is 36.6 Å². The molecule has 0 saturated heterocycles. The van der Waals surface area contributed by atoms with Crippen molar-refractivity contribution in [3.63, 3.8) is 0 Å². The zero-order chi connectivity index (χ0) is 13.6. The number of benzene rings is 1. The SMILES string of the molecule is O=S(=O)(NC(C1CC1)C1CC1)c1ccc(Br)c(F)c1. The van der Waals surface area contributed by atoms with E-state index in [1.807, 2.05) is 0 Å². The van der Waals surface area contributed by atoms with Crippen LogP contribution >= 0.6 is 15.9 Å². The highest BCUT2D eigenvalue weighted by atomic mass is 79.9. The van der Waals surface area contributed by atoms with E-state index in [0.29, 0.717) is 11.8 Å². The van der Waals surface area contributed by atoms with Gasteiger partial charge in [0.1, 0.15) is 5.82 Å². The van der Waals surface area contributed by atoms with Crippen molar-refractivity contribution < 1.29 is 12.8 Å². The standard InChI is InChI=1S/C13H15BrFNO2S/c14-11-6-5-10(7-12(11)15)19(17,18)16-13(8-1-2-8)9-3-4-9/h5-9,13,16H,1-4H2. The van der Waals surface area contributed by atoms with Gasteiger partial charge in [-0.3, -0.25) is 0 Å². The van der Waals surface area contributed by atoms with Gasteiger partial charge in [0.25, 0.3) is 0 Å². The van der Waals surface area contributed by atoms with E-state index in [9.17, 15) is 12.8 Å². The smallest absolute Gasteiger partial charge is 0.208 e. The van der Waals surface area contributed by atoms with E-state index in [0.717, 1.165) is 31.7 Å². The molecule has 2 saturated carbocycles. The molecule has 2 fully saturated rings. The molecule has 0 amide bonds. The fourth-order valence-corrected chi connectivity index (χ4v) is 4.01. The Morgan fingerprint density at radius 3 is 2.26 bits per heavy atom. The largest absolute Gasteiger partial charge is 0.240 e. The van der Waals surface area contributed by atoms with Gasteiger partial charge < -0.3 is 0 Å². The number of halogens is 2. The summed E-state index contributed by atoms with van der Waals surface area (Å²) in [7, 11) is -3.62. The molecule has 1 N–H and O–H groups in total. The third-order valence-electron chi connectivity index (χ3n) is 3.75. The molecule has 1 aromatic carbocycles. The zero-order valence-corrected chi connectivity index (χ0v) is 12.7. The van der Waals surface area contributed by atoms with Crippen LogP contribution < -0.4 is 4.72 Å². The molecular formula is C13H15BrFNO2S. The van der Waals surface area contributed by atoms with E-state index >= 15 is 0 Å². The van der Waals surface area contributed by atoms with Crippen LogP contribution in [0.2, 0.25) is 0 Å². The molecule has 0 aromatic heterocycles. The van der Waals surface area contributed by atoms with Crippen molar-refractivity contribution in [2.75, 3.05) is 0 Å². The Hall–Kier alpha value is -0.460. The minimum absolute atomic E-state index is 0.000463. The molecular weight excluding hydrogens is 333 g/mol. The predicted molar refractivity (Wildman–Crippen MR) is 73.7 cm³/mol. The number of hydrogen-bond donors (Lipinski definition) is 1. The number of hydrogen-bond acceptors (Lipinski definition) is 2. The van der Waals surface area contributed by atoms with Gasteiger partial charge in [-0.1, -0.05) is 0 Å². The first kappa shape index (κ1) is 13.5. The number of rotatable bonds is 5. The summed E-state index contributed by atoms with van der Waals surface area (Å²) in [5, 5.41) is 0. The fourth-order valence-electron chi connectivity index (χ4n) is 2.38. The van der Waals surface area contributed by atoms with E-state index in [1.54, 1.807) is 0 Å². The molecule has 2 aliphatic carbocycles. The maximum atomic E-state index is 13.4. The van der Waals surface area contributed by atoms with Crippen LogP contribution in [0.5, 0.6) is 0 Å². The summed E-state index contributed by atoms with van der Waals surface area (Å²) in [5.41, 5.74) is 0. The van der Waals surface area contributed by atoms with Crippen molar-refractivity contribution in [1.29, 1.82) is 0 Å². The summed E-state index contributed by atoms with van der Waals surface area (Å²) < 4.78 is 41.0. The molecule has 1 aromatic rings. The lowest BCUT2D eigenvalue weighted by atomic mass is 10.1. The maximum Gasteiger partial charge on any atom is 0.240 e. The Kier molecular flexibility index (Phi) is 3.43. The van der Waals surface area contributed by atoms with Gasteiger partial charge in [-0.2, -0.15) is 0 Å². The summed E-state index contributed by atoms with van der Waals surface area (Å²) in [6.07, 6.45) is 4.38. The lowest BCUT2D eigenvalue weighted by Gasteiger charge is -2.17. The van der Waals surface area contributed by atoms with E-state index < -0.39 is 15.8 Å².